The molecule has 0 spiro atoms. The van der Waals surface area contributed by atoms with Gasteiger partial charge in [-0.15, -0.1) is 0 Å². The Kier molecular flexibility index (Phi) is 3.49. The number of cyclic esters (lactones) is 1. The van der Waals surface area contributed by atoms with Crippen molar-refractivity contribution < 1.29 is 19.1 Å². The van der Waals surface area contributed by atoms with Crippen LogP contribution >= 0.6 is 11.6 Å². The van der Waals surface area contributed by atoms with Crippen molar-refractivity contribution in [2.24, 2.45) is 0 Å². The number of amides is 1. The van der Waals surface area contributed by atoms with Crippen LogP contribution in [0.4, 0.5) is 4.79 Å². The molecule has 0 saturated carbocycles. The molecular weight excluding hydrogens is 246 g/mol. The molecule has 5 nitrogen and oxygen atoms in total. The van der Waals surface area contributed by atoms with Gasteiger partial charge in [-0.2, -0.15) is 0 Å². The van der Waals surface area contributed by atoms with Crippen molar-refractivity contribution in [1.29, 1.82) is 0 Å². The average Bonchev–Trinajstić information content (AvgIpc) is 2.73. The number of carbonyl (C=O) groups excluding carboxylic acids is 2. The van der Waals surface area contributed by atoms with Crippen molar-refractivity contribution >= 4 is 24.0 Å². The van der Waals surface area contributed by atoms with Gasteiger partial charge in [0.15, 0.2) is 12.4 Å². The van der Waals surface area contributed by atoms with E-state index in [4.69, 9.17) is 21.1 Å². The molecule has 1 aromatic rings. The van der Waals surface area contributed by atoms with Crippen LogP contribution in [0.2, 0.25) is 5.02 Å². The zero-order valence-corrected chi connectivity index (χ0v) is 9.57. The van der Waals surface area contributed by atoms with Crippen LogP contribution in [0.15, 0.2) is 18.2 Å². The van der Waals surface area contributed by atoms with Crippen LogP contribution in [-0.2, 0) is 4.74 Å². The highest BCUT2D eigenvalue weighted by molar-refractivity contribution is 6.30. The van der Waals surface area contributed by atoms with Crippen LogP contribution in [0.25, 0.3) is 0 Å². The number of hydrogen-bond donors (Lipinski definition) is 1. The zero-order valence-electron chi connectivity index (χ0n) is 8.81. The summed E-state index contributed by atoms with van der Waals surface area (Å²) in [6.07, 6.45) is -0.122. The maximum Gasteiger partial charge on any atom is 0.407 e. The molecule has 1 atom stereocenters. The molecule has 1 N–H and O–H groups in total. The molecule has 0 aromatic heterocycles. The van der Waals surface area contributed by atoms with Crippen LogP contribution in [0, 0.1) is 0 Å². The molecule has 17 heavy (non-hydrogen) atoms. The highest BCUT2D eigenvalue weighted by Crippen LogP contribution is 2.21. The number of carbonyl (C=O) groups is 2. The molecule has 90 valence electrons. The van der Waals surface area contributed by atoms with Crippen molar-refractivity contribution in [2.75, 3.05) is 13.2 Å². The van der Waals surface area contributed by atoms with Crippen molar-refractivity contribution in [2.45, 2.75) is 6.10 Å². The second-order valence-electron chi connectivity index (χ2n) is 3.52. The molecule has 1 fully saturated rings. The van der Waals surface area contributed by atoms with E-state index in [1.165, 1.54) is 6.07 Å². The molecule has 1 saturated heterocycles. The lowest BCUT2D eigenvalue weighted by atomic mass is 10.2. The molecule has 1 aromatic carbocycles. The molecule has 1 heterocycles. The molecule has 2 rings (SSSR count). The number of ether oxygens (including phenoxy) is 2. The maximum atomic E-state index is 10.8. The summed E-state index contributed by atoms with van der Waals surface area (Å²) < 4.78 is 10.3. The summed E-state index contributed by atoms with van der Waals surface area (Å²) in [6.45, 7) is 0.601. The SMILES string of the molecule is O=Cc1cc(Cl)ccc1OCC1CNC(=O)O1. The molecule has 1 aliphatic rings. The largest absolute Gasteiger partial charge is 0.489 e. The Morgan fingerprint density at radius 2 is 2.41 bits per heavy atom. The minimum absolute atomic E-state index is 0.196. The van der Waals surface area contributed by atoms with E-state index in [9.17, 15) is 9.59 Å². The molecule has 0 radical (unpaired) electrons. The molecule has 6 heteroatoms. The predicted octanol–water partition coefficient (Wildman–Crippen LogP) is 1.64. The molecule has 1 aliphatic heterocycles. The number of rotatable bonds is 4. The predicted molar refractivity (Wildman–Crippen MR) is 60.6 cm³/mol. The monoisotopic (exact) mass is 255 g/mol. The Morgan fingerprint density at radius 1 is 1.59 bits per heavy atom. The van der Waals surface area contributed by atoms with Crippen LogP contribution in [0.5, 0.6) is 5.75 Å². The van der Waals surface area contributed by atoms with Gasteiger partial charge in [-0.05, 0) is 18.2 Å². The molecule has 1 unspecified atom stereocenters. The zero-order chi connectivity index (χ0) is 12.3. The van der Waals surface area contributed by atoms with E-state index in [1.807, 2.05) is 0 Å². The van der Waals surface area contributed by atoms with Gasteiger partial charge in [0.2, 0.25) is 0 Å². The summed E-state index contributed by atoms with van der Waals surface area (Å²) in [7, 11) is 0. The standard InChI is InChI=1S/C11H10ClNO4/c12-8-1-2-10(7(3-8)5-14)16-6-9-4-13-11(15)17-9/h1-3,5,9H,4,6H2,(H,13,15). The van der Waals surface area contributed by atoms with Crippen molar-refractivity contribution in [1.82, 2.24) is 5.32 Å². The van der Waals surface area contributed by atoms with E-state index >= 15 is 0 Å². The Bertz CT molecular complexity index is 449. The second kappa shape index (κ2) is 5.05. The van der Waals surface area contributed by atoms with Gasteiger partial charge in [0.1, 0.15) is 12.4 Å². The summed E-state index contributed by atoms with van der Waals surface area (Å²) >= 11 is 5.75. The van der Waals surface area contributed by atoms with Gasteiger partial charge in [0.05, 0.1) is 12.1 Å². The number of benzene rings is 1. The fraction of sp³-hybridized carbons (Fsp3) is 0.273. The summed E-state index contributed by atoms with van der Waals surface area (Å²) in [5.41, 5.74) is 0.370. The first-order valence-corrected chi connectivity index (χ1v) is 5.39. The molecule has 0 aliphatic carbocycles. The van der Waals surface area contributed by atoms with Crippen molar-refractivity contribution in [3.05, 3.63) is 28.8 Å². The first-order chi connectivity index (χ1) is 8.19. The lowest BCUT2D eigenvalue weighted by Gasteiger charge is -2.11. The molecule has 0 bridgehead atoms. The van der Waals surface area contributed by atoms with E-state index in [2.05, 4.69) is 5.32 Å². The number of aldehydes is 1. The van der Waals surface area contributed by atoms with E-state index in [0.717, 1.165) is 0 Å². The van der Waals surface area contributed by atoms with E-state index in [0.29, 0.717) is 29.2 Å². The molecule has 1 amide bonds. The van der Waals surface area contributed by atoms with Gasteiger partial charge in [-0.3, -0.25) is 4.79 Å². The van der Waals surface area contributed by atoms with Crippen LogP contribution in [-0.4, -0.2) is 31.6 Å². The highest BCUT2D eigenvalue weighted by Gasteiger charge is 2.23. The number of halogens is 1. The van der Waals surface area contributed by atoms with Gasteiger partial charge in [-0.25, -0.2) is 4.79 Å². The minimum Gasteiger partial charge on any atom is -0.489 e. The highest BCUT2D eigenvalue weighted by atomic mass is 35.5. The number of hydrogen-bond acceptors (Lipinski definition) is 4. The van der Waals surface area contributed by atoms with Gasteiger partial charge >= 0.3 is 6.09 Å². The third kappa shape index (κ3) is 2.88. The van der Waals surface area contributed by atoms with Gasteiger partial charge in [0, 0.05) is 5.02 Å². The third-order valence-electron chi connectivity index (χ3n) is 2.27. The fourth-order valence-corrected chi connectivity index (χ4v) is 1.63. The Labute approximate surface area is 103 Å². The lowest BCUT2D eigenvalue weighted by Crippen LogP contribution is -2.22. The Balaban J connectivity index is 1.99. The minimum atomic E-state index is -0.453. The number of nitrogens with one attached hydrogen (secondary N) is 1. The maximum absolute atomic E-state index is 10.8. The first-order valence-electron chi connectivity index (χ1n) is 5.01. The van der Waals surface area contributed by atoms with Gasteiger partial charge < -0.3 is 14.8 Å². The summed E-state index contributed by atoms with van der Waals surface area (Å²) in [5.74, 6) is 0.423. The topological polar surface area (TPSA) is 64.6 Å². The summed E-state index contributed by atoms with van der Waals surface area (Å²) in [4.78, 5) is 21.6. The fourth-order valence-electron chi connectivity index (χ4n) is 1.45. The average molecular weight is 256 g/mol. The van der Waals surface area contributed by atoms with Crippen LogP contribution in [0.3, 0.4) is 0 Å². The van der Waals surface area contributed by atoms with E-state index in [-0.39, 0.29) is 12.7 Å². The van der Waals surface area contributed by atoms with Crippen molar-refractivity contribution in [3.8, 4) is 5.75 Å². The lowest BCUT2D eigenvalue weighted by molar-refractivity contribution is 0.102. The number of alkyl carbamates (subject to hydrolysis) is 1. The van der Waals surface area contributed by atoms with E-state index < -0.39 is 6.09 Å². The third-order valence-corrected chi connectivity index (χ3v) is 2.51. The Morgan fingerprint density at radius 3 is 3.06 bits per heavy atom. The second-order valence-corrected chi connectivity index (χ2v) is 3.96. The van der Waals surface area contributed by atoms with Crippen LogP contribution in [0.1, 0.15) is 10.4 Å². The molecular formula is C11H10ClNO4. The normalized spacial score (nSPS) is 18.4. The van der Waals surface area contributed by atoms with Gasteiger partial charge in [-0.1, -0.05) is 11.6 Å². The Hall–Kier alpha value is -1.75. The smallest absolute Gasteiger partial charge is 0.407 e. The first kappa shape index (κ1) is 11.7. The quantitative estimate of drug-likeness (QED) is 0.831. The van der Waals surface area contributed by atoms with Gasteiger partial charge in [0.25, 0.3) is 0 Å². The van der Waals surface area contributed by atoms with E-state index in [1.54, 1.807) is 12.1 Å². The van der Waals surface area contributed by atoms with Crippen molar-refractivity contribution in [3.63, 3.8) is 0 Å². The van der Waals surface area contributed by atoms with Crippen LogP contribution < -0.4 is 10.1 Å². The summed E-state index contributed by atoms with van der Waals surface area (Å²) in [6, 6.07) is 4.75. The summed E-state index contributed by atoms with van der Waals surface area (Å²) in [5, 5.41) is 2.98.